The summed E-state index contributed by atoms with van der Waals surface area (Å²) in [5.74, 6) is 0.347. The lowest BCUT2D eigenvalue weighted by molar-refractivity contribution is 0.469. The van der Waals surface area contributed by atoms with E-state index in [1.807, 2.05) is 25.2 Å². The number of para-hydroxylation sites is 1. The van der Waals surface area contributed by atoms with Gasteiger partial charge in [-0.1, -0.05) is 18.2 Å². The Kier molecular flexibility index (Phi) is 4.12. The highest BCUT2D eigenvalue weighted by Gasteiger charge is 2.05. The fourth-order valence-corrected chi connectivity index (χ4v) is 2.47. The van der Waals surface area contributed by atoms with Gasteiger partial charge < -0.3 is 10.4 Å². The second kappa shape index (κ2) is 5.80. The Morgan fingerprint density at radius 1 is 1.35 bits per heavy atom. The largest absolute Gasteiger partial charge is 0.508 e. The van der Waals surface area contributed by atoms with Gasteiger partial charge in [0.05, 0.1) is 10.7 Å². The van der Waals surface area contributed by atoms with Crippen molar-refractivity contribution in [2.75, 3.05) is 13.6 Å². The van der Waals surface area contributed by atoms with Gasteiger partial charge >= 0.3 is 0 Å². The number of nitrogens with zero attached hydrogens (tertiary/aromatic N) is 1. The number of hydrogen-bond donors (Lipinski definition) is 2. The Morgan fingerprint density at radius 3 is 2.94 bits per heavy atom. The summed E-state index contributed by atoms with van der Waals surface area (Å²) in [6.07, 6.45) is 1.66. The summed E-state index contributed by atoms with van der Waals surface area (Å²) >= 11 is 1.65. The van der Waals surface area contributed by atoms with Crippen molar-refractivity contribution in [2.24, 2.45) is 0 Å². The van der Waals surface area contributed by atoms with E-state index in [1.54, 1.807) is 17.4 Å². The molecule has 2 aromatic rings. The summed E-state index contributed by atoms with van der Waals surface area (Å²) in [5, 5.41) is 15.9. The quantitative estimate of drug-likeness (QED) is 0.852. The molecule has 1 aromatic heterocycles. The van der Waals surface area contributed by atoms with Gasteiger partial charge in [0.1, 0.15) is 5.75 Å². The van der Waals surface area contributed by atoms with Crippen LogP contribution in [0, 0.1) is 0 Å². The maximum atomic E-state index is 9.69. The van der Waals surface area contributed by atoms with Crippen LogP contribution >= 0.6 is 11.3 Å². The van der Waals surface area contributed by atoms with Crippen LogP contribution in [0.25, 0.3) is 0 Å². The van der Waals surface area contributed by atoms with E-state index in [2.05, 4.69) is 15.7 Å². The second-order valence-corrected chi connectivity index (χ2v) is 4.83. The van der Waals surface area contributed by atoms with Gasteiger partial charge in [-0.15, -0.1) is 11.3 Å². The zero-order chi connectivity index (χ0) is 12.1. The number of aromatic hydroxyl groups is 1. The normalized spacial score (nSPS) is 10.6. The maximum absolute atomic E-state index is 9.69. The molecule has 3 nitrogen and oxygen atoms in total. The van der Waals surface area contributed by atoms with Crippen LogP contribution in [-0.2, 0) is 12.8 Å². The fourth-order valence-electron chi connectivity index (χ4n) is 1.62. The Hall–Kier alpha value is -1.39. The minimum Gasteiger partial charge on any atom is -0.508 e. The number of thiazole rings is 1. The maximum Gasteiger partial charge on any atom is 0.119 e. The van der Waals surface area contributed by atoms with Gasteiger partial charge in [0.25, 0.3) is 0 Å². The molecule has 0 aliphatic carbocycles. The number of nitrogens with one attached hydrogen (secondary N) is 1. The number of likely N-dealkylation sites (N-methyl/N-ethyl adjacent to an activating group) is 1. The number of phenolic OH excluding ortho intramolecular Hbond substituents is 1. The van der Waals surface area contributed by atoms with Crippen molar-refractivity contribution < 1.29 is 5.11 Å². The van der Waals surface area contributed by atoms with Crippen LogP contribution in [0.3, 0.4) is 0 Å². The highest BCUT2D eigenvalue weighted by atomic mass is 32.1. The Morgan fingerprint density at radius 2 is 2.18 bits per heavy atom. The molecule has 17 heavy (non-hydrogen) atoms. The summed E-state index contributed by atoms with van der Waals surface area (Å²) in [6, 6.07) is 7.42. The summed E-state index contributed by atoms with van der Waals surface area (Å²) < 4.78 is 0. The third-order valence-electron chi connectivity index (χ3n) is 2.56. The number of benzene rings is 1. The lowest BCUT2D eigenvalue weighted by Gasteiger charge is -2.00. The Labute approximate surface area is 105 Å². The van der Waals surface area contributed by atoms with Gasteiger partial charge in [-0.25, -0.2) is 4.98 Å². The first-order chi connectivity index (χ1) is 8.29. The van der Waals surface area contributed by atoms with E-state index in [1.165, 1.54) is 0 Å². The molecule has 0 aliphatic rings. The smallest absolute Gasteiger partial charge is 0.119 e. The van der Waals surface area contributed by atoms with E-state index in [4.69, 9.17) is 0 Å². The second-order valence-electron chi connectivity index (χ2n) is 3.89. The third-order valence-corrected chi connectivity index (χ3v) is 3.46. The van der Waals surface area contributed by atoms with Gasteiger partial charge in [0.2, 0.25) is 0 Å². The third kappa shape index (κ3) is 3.28. The van der Waals surface area contributed by atoms with E-state index in [0.717, 1.165) is 29.2 Å². The summed E-state index contributed by atoms with van der Waals surface area (Å²) in [6.45, 7) is 0.944. The monoisotopic (exact) mass is 248 g/mol. The molecule has 1 heterocycles. The van der Waals surface area contributed by atoms with Crippen LogP contribution < -0.4 is 5.32 Å². The standard InChI is InChI=1S/C13H16N2OS/c1-14-7-6-11-9-17-13(15-11)8-10-4-2-3-5-12(10)16/h2-5,9,14,16H,6-8H2,1H3. The molecule has 4 heteroatoms. The molecule has 0 spiro atoms. The molecule has 0 fully saturated rings. The predicted octanol–water partition coefficient (Wildman–Crippen LogP) is 2.20. The van der Waals surface area contributed by atoms with E-state index in [0.29, 0.717) is 12.2 Å². The molecule has 0 unspecified atom stereocenters. The summed E-state index contributed by atoms with van der Waals surface area (Å²) in [7, 11) is 1.94. The van der Waals surface area contributed by atoms with Gasteiger partial charge in [-0.2, -0.15) is 0 Å². The zero-order valence-electron chi connectivity index (χ0n) is 9.81. The Bertz CT molecular complexity index is 482. The van der Waals surface area contributed by atoms with E-state index < -0.39 is 0 Å². The molecule has 90 valence electrons. The first-order valence-corrected chi connectivity index (χ1v) is 6.52. The first kappa shape index (κ1) is 12.1. The molecular weight excluding hydrogens is 232 g/mol. The highest BCUT2D eigenvalue weighted by molar-refractivity contribution is 7.09. The average Bonchev–Trinajstić information content (AvgIpc) is 2.77. The van der Waals surface area contributed by atoms with Gasteiger partial charge in [0, 0.05) is 30.3 Å². The molecule has 0 saturated heterocycles. The van der Waals surface area contributed by atoms with Crippen molar-refractivity contribution in [3.63, 3.8) is 0 Å². The van der Waals surface area contributed by atoms with Crippen molar-refractivity contribution in [1.82, 2.24) is 10.3 Å². The van der Waals surface area contributed by atoms with Gasteiger partial charge in [-0.05, 0) is 13.1 Å². The predicted molar refractivity (Wildman–Crippen MR) is 70.7 cm³/mol. The lowest BCUT2D eigenvalue weighted by Crippen LogP contribution is -2.10. The van der Waals surface area contributed by atoms with E-state index in [-0.39, 0.29) is 0 Å². The molecular formula is C13H16N2OS. The van der Waals surface area contributed by atoms with Crippen molar-refractivity contribution in [1.29, 1.82) is 0 Å². The Balaban J connectivity index is 2.04. The SMILES string of the molecule is CNCCc1csc(Cc2ccccc2O)n1. The molecule has 0 atom stereocenters. The summed E-state index contributed by atoms with van der Waals surface area (Å²) in [4.78, 5) is 4.55. The number of hydrogen-bond acceptors (Lipinski definition) is 4. The van der Waals surface area contributed by atoms with Gasteiger partial charge in [-0.3, -0.25) is 0 Å². The molecule has 0 saturated carbocycles. The molecule has 1 aromatic carbocycles. The van der Waals surface area contributed by atoms with Crippen LogP contribution in [-0.4, -0.2) is 23.7 Å². The number of aromatic nitrogens is 1. The number of phenols is 1. The lowest BCUT2D eigenvalue weighted by atomic mass is 10.1. The van der Waals surface area contributed by atoms with Crippen molar-refractivity contribution in [2.45, 2.75) is 12.8 Å². The van der Waals surface area contributed by atoms with Gasteiger partial charge in [0.15, 0.2) is 0 Å². The molecule has 0 aliphatic heterocycles. The van der Waals surface area contributed by atoms with Crippen LogP contribution in [0.5, 0.6) is 5.75 Å². The van der Waals surface area contributed by atoms with Crippen LogP contribution in [0.4, 0.5) is 0 Å². The zero-order valence-corrected chi connectivity index (χ0v) is 10.6. The minimum atomic E-state index is 0.347. The van der Waals surface area contributed by atoms with Crippen LogP contribution in [0.2, 0.25) is 0 Å². The van der Waals surface area contributed by atoms with Crippen LogP contribution in [0.15, 0.2) is 29.6 Å². The molecule has 2 rings (SSSR count). The molecule has 2 N–H and O–H groups in total. The highest BCUT2D eigenvalue weighted by Crippen LogP contribution is 2.21. The van der Waals surface area contributed by atoms with Crippen molar-refractivity contribution in [3.8, 4) is 5.75 Å². The first-order valence-electron chi connectivity index (χ1n) is 5.64. The topological polar surface area (TPSA) is 45.1 Å². The average molecular weight is 248 g/mol. The molecule has 0 bridgehead atoms. The summed E-state index contributed by atoms with van der Waals surface area (Å²) in [5.41, 5.74) is 2.05. The van der Waals surface area contributed by atoms with E-state index in [9.17, 15) is 5.11 Å². The molecule has 0 amide bonds. The number of rotatable bonds is 5. The van der Waals surface area contributed by atoms with Crippen LogP contribution in [0.1, 0.15) is 16.3 Å². The van der Waals surface area contributed by atoms with E-state index >= 15 is 0 Å². The molecule has 0 radical (unpaired) electrons. The van der Waals surface area contributed by atoms with Crippen molar-refractivity contribution in [3.05, 3.63) is 45.9 Å². The van der Waals surface area contributed by atoms with Crippen molar-refractivity contribution >= 4 is 11.3 Å². The minimum absolute atomic E-state index is 0.347. The fraction of sp³-hybridized carbons (Fsp3) is 0.308.